The number of aryl methyl sites for hydroxylation is 1. The van der Waals surface area contributed by atoms with Gasteiger partial charge in [-0.25, -0.2) is 4.98 Å². The van der Waals surface area contributed by atoms with Gasteiger partial charge in [-0.3, -0.25) is 0 Å². The maximum Gasteiger partial charge on any atom is 0.218 e. The summed E-state index contributed by atoms with van der Waals surface area (Å²) < 4.78 is 5.80. The van der Waals surface area contributed by atoms with Gasteiger partial charge in [0.05, 0.1) is 6.61 Å². The maximum absolute atomic E-state index is 5.80. The Hall–Kier alpha value is -1.09. The van der Waals surface area contributed by atoms with Gasteiger partial charge in [-0.1, -0.05) is 18.9 Å². The first-order valence-corrected chi connectivity index (χ1v) is 6.09. The summed E-state index contributed by atoms with van der Waals surface area (Å²) in [5.74, 6) is 1.45. The normalized spacial score (nSPS) is 16.6. The van der Waals surface area contributed by atoms with Gasteiger partial charge in [-0.15, -0.1) is 0 Å². The molecule has 1 heterocycles. The average Bonchev–Trinajstić information content (AvgIpc) is 2.79. The molecule has 2 N–H and O–H groups in total. The Morgan fingerprint density at radius 3 is 2.81 bits per heavy atom. The second kappa shape index (κ2) is 5.30. The van der Waals surface area contributed by atoms with Crippen molar-refractivity contribution in [2.24, 2.45) is 11.7 Å². The molecule has 1 fully saturated rings. The van der Waals surface area contributed by atoms with Crippen molar-refractivity contribution in [3.8, 4) is 5.88 Å². The minimum atomic E-state index is 0.493. The molecule has 1 aliphatic carbocycles. The van der Waals surface area contributed by atoms with Gasteiger partial charge >= 0.3 is 0 Å². The molecule has 1 aromatic heterocycles. The predicted molar refractivity (Wildman–Crippen MR) is 64.3 cm³/mol. The van der Waals surface area contributed by atoms with Crippen molar-refractivity contribution in [3.63, 3.8) is 0 Å². The highest BCUT2D eigenvalue weighted by atomic mass is 16.5. The molecule has 0 amide bonds. The number of nitrogens with two attached hydrogens (primary N) is 1. The van der Waals surface area contributed by atoms with Crippen molar-refractivity contribution in [2.75, 3.05) is 6.61 Å². The molecule has 3 heteroatoms. The predicted octanol–water partition coefficient (Wildman–Crippen LogP) is 2.42. The van der Waals surface area contributed by atoms with E-state index in [2.05, 4.69) is 4.98 Å². The first-order chi connectivity index (χ1) is 7.79. The van der Waals surface area contributed by atoms with Crippen LogP contribution in [0.5, 0.6) is 5.88 Å². The van der Waals surface area contributed by atoms with Crippen LogP contribution in [0.3, 0.4) is 0 Å². The Morgan fingerprint density at radius 2 is 2.12 bits per heavy atom. The summed E-state index contributed by atoms with van der Waals surface area (Å²) in [7, 11) is 0. The Bertz CT molecular complexity index is 346. The van der Waals surface area contributed by atoms with Crippen molar-refractivity contribution in [2.45, 2.75) is 39.2 Å². The SMILES string of the molecule is Cc1ccc(CN)c(OCC2CCCC2)n1. The molecule has 0 saturated heterocycles. The summed E-state index contributed by atoms with van der Waals surface area (Å²) in [4.78, 5) is 4.40. The molecule has 1 aliphatic rings. The number of nitrogens with zero attached hydrogens (tertiary/aromatic N) is 1. The minimum Gasteiger partial charge on any atom is -0.477 e. The fourth-order valence-corrected chi connectivity index (χ4v) is 2.22. The highest BCUT2D eigenvalue weighted by molar-refractivity contribution is 5.27. The second-order valence-electron chi connectivity index (χ2n) is 4.58. The fourth-order valence-electron chi connectivity index (χ4n) is 2.22. The topological polar surface area (TPSA) is 48.1 Å². The van der Waals surface area contributed by atoms with Crippen LogP contribution in [-0.2, 0) is 6.54 Å². The molecule has 0 spiro atoms. The lowest BCUT2D eigenvalue weighted by molar-refractivity contribution is 0.241. The summed E-state index contributed by atoms with van der Waals surface area (Å²) in [6, 6.07) is 3.98. The number of aromatic nitrogens is 1. The molecule has 2 rings (SSSR count). The van der Waals surface area contributed by atoms with Gasteiger partial charge in [0, 0.05) is 17.8 Å². The maximum atomic E-state index is 5.80. The Balaban J connectivity index is 1.98. The van der Waals surface area contributed by atoms with Gasteiger partial charge in [-0.2, -0.15) is 0 Å². The molecule has 0 aromatic carbocycles. The van der Waals surface area contributed by atoms with Crippen molar-refractivity contribution in [1.29, 1.82) is 0 Å². The molecular weight excluding hydrogens is 200 g/mol. The van der Waals surface area contributed by atoms with E-state index in [9.17, 15) is 0 Å². The van der Waals surface area contributed by atoms with Crippen LogP contribution in [0.15, 0.2) is 12.1 Å². The quantitative estimate of drug-likeness (QED) is 0.847. The molecule has 16 heavy (non-hydrogen) atoms. The van der Waals surface area contributed by atoms with Gasteiger partial charge in [-0.05, 0) is 31.7 Å². The van der Waals surface area contributed by atoms with E-state index in [0.717, 1.165) is 23.7 Å². The summed E-state index contributed by atoms with van der Waals surface area (Å²) in [5, 5.41) is 0. The first-order valence-electron chi connectivity index (χ1n) is 6.09. The van der Waals surface area contributed by atoms with Gasteiger partial charge in [0.25, 0.3) is 0 Å². The van der Waals surface area contributed by atoms with Crippen molar-refractivity contribution < 1.29 is 4.74 Å². The molecule has 0 radical (unpaired) electrons. The zero-order valence-electron chi connectivity index (χ0n) is 9.91. The number of hydrogen-bond acceptors (Lipinski definition) is 3. The summed E-state index contributed by atoms with van der Waals surface area (Å²) in [5.41, 5.74) is 7.65. The van der Waals surface area contributed by atoms with Crippen LogP contribution >= 0.6 is 0 Å². The standard InChI is InChI=1S/C13H20N2O/c1-10-6-7-12(8-14)13(15-10)16-9-11-4-2-3-5-11/h6-7,11H,2-5,8-9,14H2,1H3. The Kier molecular flexibility index (Phi) is 3.78. The van der Waals surface area contributed by atoms with E-state index in [0.29, 0.717) is 12.5 Å². The largest absolute Gasteiger partial charge is 0.477 e. The minimum absolute atomic E-state index is 0.493. The van der Waals surface area contributed by atoms with Crippen LogP contribution in [0.25, 0.3) is 0 Å². The molecule has 1 aromatic rings. The third-order valence-corrected chi connectivity index (χ3v) is 3.23. The smallest absolute Gasteiger partial charge is 0.218 e. The molecule has 0 aliphatic heterocycles. The molecule has 3 nitrogen and oxygen atoms in total. The van der Waals surface area contributed by atoms with Crippen LogP contribution in [0.2, 0.25) is 0 Å². The van der Waals surface area contributed by atoms with Crippen molar-refractivity contribution in [1.82, 2.24) is 4.98 Å². The van der Waals surface area contributed by atoms with Crippen LogP contribution in [0.1, 0.15) is 36.9 Å². The van der Waals surface area contributed by atoms with Gasteiger partial charge in [0.1, 0.15) is 0 Å². The molecule has 88 valence electrons. The molecular formula is C13H20N2O. The lowest BCUT2D eigenvalue weighted by atomic mass is 10.1. The van der Waals surface area contributed by atoms with Crippen molar-refractivity contribution >= 4 is 0 Å². The van der Waals surface area contributed by atoms with E-state index in [1.54, 1.807) is 0 Å². The van der Waals surface area contributed by atoms with Crippen LogP contribution in [-0.4, -0.2) is 11.6 Å². The first kappa shape index (κ1) is 11.4. The Morgan fingerprint density at radius 1 is 1.38 bits per heavy atom. The van der Waals surface area contributed by atoms with Crippen molar-refractivity contribution in [3.05, 3.63) is 23.4 Å². The van der Waals surface area contributed by atoms with E-state index in [1.165, 1.54) is 25.7 Å². The monoisotopic (exact) mass is 220 g/mol. The van der Waals surface area contributed by atoms with Gasteiger partial charge in [0.2, 0.25) is 5.88 Å². The lowest BCUT2D eigenvalue weighted by Crippen LogP contribution is -2.11. The summed E-state index contributed by atoms with van der Waals surface area (Å²) in [6.07, 6.45) is 5.28. The summed E-state index contributed by atoms with van der Waals surface area (Å²) in [6.45, 7) is 3.26. The third-order valence-electron chi connectivity index (χ3n) is 3.23. The number of pyridine rings is 1. The van der Waals surface area contributed by atoms with E-state index in [1.807, 2.05) is 19.1 Å². The summed E-state index contributed by atoms with van der Waals surface area (Å²) >= 11 is 0. The third kappa shape index (κ3) is 2.73. The highest BCUT2D eigenvalue weighted by Gasteiger charge is 2.16. The average molecular weight is 220 g/mol. The number of rotatable bonds is 4. The highest BCUT2D eigenvalue weighted by Crippen LogP contribution is 2.26. The van der Waals surface area contributed by atoms with Crippen LogP contribution in [0, 0.1) is 12.8 Å². The lowest BCUT2D eigenvalue weighted by Gasteiger charge is -2.13. The van der Waals surface area contributed by atoms with Crippen LogP contribution < -0.4 is 10.5 Å². The molecule has 1 saturated carbocycles. The van der Waals surface area contributed by atoms with Gasteiger partial charge in [0.15, 0.2) is 0 Å². The van der Waals surface area contributed by atoms with Gasteiger partial charge < -0.3 is 10.5 Å². The van der Waals surface area contributed by atoms with E-state index in [4.69, 9.17) is 10.5 Å². The van der Waals surface area contributed by atoms with Crippen LogP contribution in [0.4, 0.5) is 0 Å². The second-order valence-corrected chi connectivity index (χ2v) is 4.58. The Labute approximate surface area is 97.0 Å². The van der Waals surface area contributed by atoms with E-state index < -0.39 is 0 Å². The van der Waals surface area contributed by atoms with E-state index in [-0.39, 0.29) is 0 Å². The molecule has 0 bridgehead atoms. The zero-order valence-corrected chi connectivity index (χ0v) is 9.91. The zero-order chi connectivity index (χ0) is 11.4. The number of ether oxygens (including phenoxy) is 1. The molecule has 0 unspecified atom stereocenters. The molecule has 0 atom stereocenters. The fraction of sp³-hybridized carbons (Fsp3) is 0.615. The number of hydrogen-bond donors (Lipinski definition) is 1. The van der Waals surface area contributed by atoms with E-state index >= 15 is 0 Å².